The molecule has 2 aromatic rings. The molecule has 4 heteroatoms. The Labute approximate surface area is 106 Å². The van der Waals surface area contributed by atoms with Crippen molar-refractivity contribution in [2.24, 2.45) is 12.8 Å². The maximum Gasteiger partial charge on any atom is 0.158 e. The molecule has 0 aliphatic rings. The molecule has 94 valence electrons. The van der Waals surface area contributed by atoms with E-state index < -0.39 is 6.04 Å². The Balaban J connectivity index is 2.08. The first kappa shape index (κ1) is 12.5. The molecule has 18 heavy (non-hydrogen) atoms. The van der Waals surface area contributed by atoms with Gasteiger partial charge in [0.2, 0.25) is 0 Å². The van der Waals surface area contributed by atoms with Crippen molar-refractivity contribution in [3.63, 3.8) is 0 Å². The molecule has 0 aliphatic heterocycles. The second-order valence-electron chi connectivity index (χ2n) is 4.56. The molecule has 0 spiro atoms. The smallest absolute Gasteiger partial charge is 0.158 e. The minimum absolute atomic E-state index is 0.00796. The second kappa shape index (κ2) is 5.14. The largest absolute Gasteiger partial charge is 0.318 e. The van der Waals surface area contributed by atoms with Crippen LogP contribution in [0.1, 0.15) is 22.7 Å². The molecule has 0 saturated heterocycles. The fourth-order valence-corrected chi connectivity index (χ4v) is 1.92. The summed E-state index contributed by atoms with van der Waals surface area (Å²) in [6.45, 7) is 2.01. The van der Waals surface area contributed by atoms with Gasteiger partial charge in [0.15, 0.2) is 5.78 Å². The number of hydrogen-bond acceptors (Lipinski definition) is 3. The Bertz CT molecular complexity index is 560. The Kier molecular flexibility index (Phi) is 3.58. The molecule has 0 amide bonds. The van der Waals surface area contributed by atoms with Crippen molar-refractivity contribution in [1.82, 2.24) is 9.78 Å². The first-order valence-electron chi connectivity index (χ1n) is 5.88. The lowest BCUT2D eigenvalue weighted by Crippen LogP contribution is -2.22. The third kappa shape index (κ3) is 2.84. The van der Waals surface area contributed by atoms with E-state index in [0.29, 0.717) is 6.42 Å². The minimum atomic E-state index is -0.598. The van der Waals surface area contributed by atoms with Gasteiger partial charge < -0.3 is 5.73 Å². The highest BCUT2D eigenvalue weighted by Crippen LogP contribution is 2.13. The van der Waals surface area contributed by atoms with Crippen LogP contribution in [0.2, 0.25) is 0 Å². The summed E-state index contributed by atoms with van der Waals surface area (Å²) >= 11 is 0. The van der Waals surface area contributed by atoms with Crippen LogP contribution >= 0.6 is 0 Å². The van der Waals surface area contributed by atoms with Gasteiger partial charge in [0.1, 0.15) is 0 Å². The summed E-state index contributed by atoms with van der Waals surface area (Å²) in [5, 5.41) is 4.03. The zero-order valence-electron chi connectivity index (χ0n) is 10.6. The fourth-order valence-electron chi connectivity index (χ4n) is 1.92. The number of rotatable bonds is 4. The van der Waals surface area contributed by atoms with E-state index in [1.54, 1.807) is 24.1 Å². The standard InChI is InChI=1S/C14H17N3O/c1-10-4-3-5-11(6-10)7-13(18)14(15)12-8-16-17(2)9-12/h3-6,8-9,14H,7,15H2,1-2H3. The van der Waals surface area contributed by atoms with Crippen LogP contribution < -0.4 is 5.73 Å². The highest BCUT2D eigenvalue weighted by Gasteiger charge is 2.17. The van der Waals surface area contributed by atoms with Crippen molar-refractivity contribution >= 4 is 5.78 Å². The average Bonchev–Trinajstić information content (AvgIpc) is 2.75. The fraction of sp³-hybridized carbons (Fsp3) is 0.286. The quantitative estimate of drug-likeness (QED) is 0.886. The minimum Gasteiger partial charge on any atom is -0.318 e. The Morgan fingerprint density at radius 2 is 2.28 bits per heavy atom. The molecule has 0 saturated carbocycles. The predicted molar refractivity (Wildman–Crippen MR) is 70.0 cm³/mol. The van der Waals surface area contributed by atoms with Gasteiger partial charge in [0.25, 0.3) is 0 Å². The van der Waals surface area contributed by atoms with E-state index in [1.807, 2.05) is 31.2 Å². The Morgan fingerprint density at radius 3 is 2.89 bits per heavy atom. The van der Waals surface area contributed by atoms with Gasteiger partial charge in [-0.1, -0.05) is 29.8 Å². The van der Waals surface area contributed by atoms with E-state index in [0.717, 1.165) is 16.7 Å². The summed E-state index contributed by atoms with van der Waals surface area (Å²) in [7, 11) is 1.81. The van der Waals surface area contributed by atoms with Crippen molar-refractivity contribution in [2.75, 3.05) is 0 Å². The molecule has 2 rings (SSSR count). The van der Waals surface area contributed by atoms with Crippen LogP contribution in [0.4, 0.5) is 0 Å². The lowest BCUT2D eigenvalue weighted by molar-refractivity contribution is -0.119. The molecule has 1 heterocycles. The molecule has 0 radical (unpaired) electrons. The molecule has 0 bridgehead atoms. The zero-order valence-corrected chi connectivity index (χ0v) is 10.6. The number of hydrogen-bond donors (Lipinski definition) is 1. The van der Waals surface area contributed by atoms with E-state index in [9.17, 15) is 4.79 Å². The Hall–Kier alpha value is -1.94. The highest BCUT2D eigenvalue weighted by molar-refractivity contribution is 5.86. The number of nitrogens with zero attached hydrogens (tertiary/aromatic N) is 2. The Morgan fingerprint density at radius 1 is 1.50 bits per heavy atom. The van der Waals surface area contributed by atoms with Crippen molar-refractivity contribution in [2.45, 2.75) is 19.4 Å². The third-order valence-corrected chi connectivity index (χ3v) is 2.89. The SMILES string of the molecule is Cc1cccc(CC(=O)C(N)c2cnn(C)c2)c1. The van der Waals surface area contributed by atoms with E-state index >= 15 is 0 Å². The van der Waals surface area contributed by atoms with Gasteiger partial charge in [-0.2, -0.15) is 5.10 Å². The summed E-state index contributed by atoms with van der Waals surface area (Å²) in [6.07, 6.45) is 3.77. The molecule has 4 nitrogen and oxygen atoms in total. The summed E-state index contributed by atoms with van der Waals surface area (Å²) in [5.74, 6) is 0.00796. The first-order valence-corrected chi connectivity index (χ1v) is 5.88. The zero-order chi connectivity index (χ0) is 13.1. The first-order chi connectivity index (χ1) is 8.56. The van der Waals surface area contributed by atoms with E-state index in [4.69, 9.17) is 5.73 Å². The maximum atomic E-state index is 12.1. The molecule has 1 aromatic heterocycles. The van der Waals surface area contributed by atoms with Crippen LogP contribution in [0.25, 0.3) is 0 Å². The summed E-state index contributed by atoms with van der Waals surface area (Å²) in [5.41, 5.74) is 8.84. The summed E-state index contributed by atoms with van der Waals surface area (Å²) in [6, 6.07) is 7.32. The summed E-state index contributed by atoms with van der Waals surface area (Å²) in [4.78, 5) is 12.1. The molecule has 1 unspecified atom stereocenters. The van der Waals surface area contributed by atoms with Crippen LogP contribution in [0.3, 0.4) is 0 Å². The van der Waals surface area contributed by atoms with Crippen LogP contribution in [0.5, 0.6) is 0 Å². The molecular weight excluding hydrogens is 226 g/mol. The number of benzene rings is 1. The average molecular weight is 243 g/mol. The van der Waals surface area contributed by atoms with Gasteiger partial charge in [0.05, 0.1) is 12.2 Å². The number of carbonyl (C=O) groups excluding carboxylic acids is 1. The highest BCUT2D eigenvalue weighted by atomic mass is 16.1. The lowest BCUT2D eigenvalue weighted by Gasteiger charge is -2.08. The number of Topliss-reactive ketones (excluding diaryl/α,β-unsaturated/α-hetero) is 1. The lowest BCUT2D eigenvalue weighted by atomic mass is 10.00. The monoisotopic (exact) mass is 243 g/mol. The third-order valence-electron chi connectivity index (χ3n) is 2.89. The van der Waals surface area contributed by atoms with Gasteiger partial charge in [-0.05, 0) is 12.5 Å². The number of aromatic nitrogens is 2. The van der Waals surface area contributed by atoms with E-state index in [-0.39, 0.29) is 5.78 Å². The molecule has 1 aromatic carbocycles. The molecule has 0 aliphatic carbocycles. The topological polar surface area (TPSA) is 60.9 Å². The van der Waals surface area contributed by atoms with Gasteiger partial charge >= 0.3 is 0 Å². The number of ketones is 1. The second-order valence-corrected chi connectivity index (χ2v) is 4.56. The number of nitrogens with two attached hydrogens (primary N) is 1. The normalized spacial score (nSPS) is 12.4. The van der Waals surface area contributed by atoms with Crippen molar-refractivity contribution in [3.05, 3.63) is 53.3 Å². The van der Waals surface area contributed by atoms with Crippen LogP contribution in [-0.2, 0) is 18.3 Å². The molecular formula is C14H17N3O. The van der Waals surface area contributed by atoms with Gasteiger partial charge in [-0.15, -0.1) is 0 Å². The number of aryl methyl sites for hydroxylation is 2. The van der Waals surface area contributed by atoms with Crippen LogP contribution in [0.15, 0.2) is 36.7 Å². The van der Waals surface area contributed by atoms with Crippen molar-refractivity contribution < 1.29 is 4.79 Å². The van der Waals surface area contributed by atoms with E-state index in [2.05, 4.69) is 5.10 Å². The van der Waals surface area contributed by atoms with Crippen molar-refractivity contribution in [3.8, 4) is 0 Å². The molecule has 0 fully saturated rings. The van der Waals surface area contributed by atoms with Crippen LogP contribution in [0, 0.1) is 6.92 Å². The van der Waals surface area contributed by atoms with Gasteiger partial charge in [0, 0.05) is 25.2 Å². The summed E-state index contributed by atoms with van der Waals surface area (Å²) < 4.78 is 1.65. The van der Waals surface area contributed by atoms with Gasteiger partial charge in [-0.25, -0.2) is 0 Å². The van der Waals surface area contributed by atoms with Gasteiger partial charge in [-0.3, -0.25) is 9.48 Å². The number of carbonyl (C=O) groups is 1. The van der Waals surface area contributed by atoms with Crippen LogP contribution in [-0.4, -0.2) is 15.6 Å². The van der Waals surface area contributed by atoms with Crippen molar-refractivity contribution in [1.29, 1.82) is 0 Å². The van der Waals surface area contributed by atoms with E-state index in [1.165, 1.54) is 0 Å². The molecule has 1 atom stereocenters. The molecule has 2 N–H and O–H groups in total. The predicted octanol–water partition coefficient (Wildman–Crippen LogP) is 1.54. The maximum absolute atomic E-state index is 12.1.